The van der Waals surface area contributed by atoms with E-state index in [2.05, 4.69) is 5.10 Å². The third kappa shape index (κ3) is 2.23. The van der Waals surface area contributed by atoms with Crippen molar-refractivity contribution >= 4 is 11.6 Å². The minimum Gasteiger partial charge on any atom is -0.493 e. The zero-order valence-corrected chi connectivity index (χ0v) is 9.02. The molecule has 2 heterocycles. The molecule has 0 unspecified atom stereocenters. The van der Waals surface area contributed by atoms with E-state index in [1.54, 1.807) is 0 Å². The first-order valence-corrected chi connectivity index (χ1v) is 4.82. The van der Waals surface area contributed by atoms with Gasteiger partial charge in [0.2, 0.25) is 5.88 Å². The van der Waals surface area contributed by atoms with E-state index in [4.69, 9.17) is 5.11 Å². The Morgan fingerprint density at radius 3 is 2.63 bits per heavy atom. The van der Waals surface area contributed by atoms with Gasteiger partial charge in [-0.25, -0.2) is 4.79 Å². The lowest BCUT2D eigenvalue weighted by atomic mass is 10.2. The summed E-state index contributed by atoms with van der Waals surface area (Å²) >= 11 is 0. The van der Waals surface area contributed by atoms with Crippen LogP contribution < -0.4 is 5.56 Å². The molecule has 0 fully saturated rings. The first kappa shape index (κ1) is 12.9. The molecule has 0 aliphatic carbocycles. The second kappa shape index (κ2) is 4.00. The van der Waals surface area contributed by atoms with E-state index in [-0.39, 0.29) is 5.65 Å². The number of carbonyl (C=O) groups is 1. The van der Waals surface area contributed by atoms with Crippen LogP contribution in [0, 0.1) is 0 Å². The van der Waals surface area contributed by atoms with E-state index in [9.17, 15) is 27.9 Å². The van der Waals surface area contributed by atoms with Crippen molar-refractivity contribution in [3.63, 3.8) is 0 Å². The second-order valence-corrected chi connectivity index (χ2v) is 3.67. The molecule has 2 aromatic rings. The van der Waals surface area contributed by atoms with E-state index < -0.39 is 41.1 Å². The molecule has 7 nitrogen and oxygen atoms in total. The summed E-state index contributed by atoms with van der Waals surface area (Å²) in [6.07, 6.45) is -5.53. The van der Waals surface area contributed by atoms with Crippen LogP contribution in [0.15, 0.2) is 11.0 Å². The highest BCUT2D eigenvalue weighted by Crippen LogP contribution is 2.25. The Hall–Kier alpha value is -2.52. The third-order valence-electron chi connectivity index (χ3n) is 2.35. The Bertz CT molecular complexity index is 716. The number of carboxylic acids is 1. The van der Waals surface area contributed by atoms with Crippen molar-refractivity contribution in [2.24, 2.45) is 0 Å². The number of aromatic hydroxyl groups is 1. The Kier molecular flexibility index (Phi) is 2.72. The fourth-order valence-corrected chi connectivity index (χ4v) is 1.56. The summed E-state index contributed by atoms with van der Waals surface area (Å²) in [5.74, 6) is -2.47. The number of halogens is 3. The molecule has 0 amide bonds. The molecule has 2 aromatic heterocycles. The van der Waals surface area contributed by atoms with Crippen molar-refractivity contribution in [1.82, 2.24) is 14.6 Å². The lowest BCUT2D eigenvalue weighted by molar-refractivity contribution is -0.127. The van der Waals surface area contributed by atoms with Gasteiger partial charge in [0.1, 0.15) is 5.56 Å². The van der Waals surface area contributed by atoms with Gasteiger partial charge in [-0.15, -0.1) is 0 Å². The highest BCUT2D eigenvalue weighted by molar-refractivity contribution is 5.94. The van der Waals surface area contributed by atoms with Crippen LogP contribution in [0.4, 0.5) is 13.2 Å². The fraction of sp³-hybridized carbons (Fsp3) is 0.222. The zero-order chi connectivity index (χ0) is 14.4. The van der Waals surface area contributed by atoms with Crippen LogP contribution in [-0.2, 0) is 6.42 Å². The quantitative estimate of drug-likeness (QED) is 0.742. The predicted octanol–water partition coefficient (Wildman–Crippen LogP) is 0.531. The molecule has 0 aliphatic heterocycles. The summed E-state index contributed by atoms with van der Waals surface area (Å²) in [5.41, 5.74) is -2.97. The van der Waals surface area contributed by atoms with E-state index in [1.165, 1.54) is 0 Å². The Morgan fingerprint density at radius 2 is 2.11 bits per heavy atom. The van der Waals surface area contributed by atoms with Crippen LogP contribution >= 0.6 is 0 Å². The normalized spacial score (nSPS) is 11.9. The van der Waals surface area contributed by atoms with E-state index >= 15 is 0 Å². The third-order valence-corrected chi connectivity index (χ3v) is 2.35. The minimum atomic E-state index is -4.69. The molecule has 2 rings (SSSR count). The summed E-state index contributed by atoms with van der Waals surface area (Å²) in [6.45, 7) is 0. The maximum Gasteiger partial charge on any atom is 0.393 e. The van der Waals surface area contributed by atoms with E-state index in [1.807, 2.05) is 4.98 Å². The molecule has 19 heavy (non-hydrogen) atoms. The molecule has 10 heteroatoms. The van der Waals surface area contributed by atoms with Gasteiger partial charge in [-0.3, -0.25) is 4.79 Å². The first-order valence-electron chi connectivity index (χ1n) is 4.82. The lowest BCUT2D eigenvalue weighted by Crippen LogP contribution is -2.23. The summed E-state index contributed by atoms with van der Waals surface area (Å²) in [7, 11) is 0. The van der Waals surface area contributed by atoms with Crippen molar-refractivity contribution in [3.05, 3.63) is 27.7 Å². The molecule has 0 atom stereocenters. The van der Waals surface area contributed by atoms with Crippen molar-refractivity contribution in [2.45, 2.75) is 12.6 Å². The summed E-state index contributed by atoms with van der Waals surface area (Å²) < 4.78 is 37.3. The average molecular weight is 277 g/mol. The second-order valence-electron chi connectivity index (χ2n) is 3.67. The van der Waals surface area contributed by atoms with E-state index in [0.717, 1.165) is 6.20 Å². The van der Waals surface area contributed by atoms with Gasteiger partial charge in [-0.05, 0) is 0 Å². The lowest BCUT2D eigenvalue weighted by Gasteiger charge is -2.08. The molecule has 0 bridgehead atoms. The summed E-state index contributed by atoms with van der Waals surface area (Å²) in [5, 5.41) is 21.8. The molecule has 102 valence electrons. The molecular formula is C9H6F3N3O4. The van der Waals surface area contributed by atoms with Crippen molar-refractivity contribution in [2.75, 3.05) is 0 Å². The Balaban J connectivity index is 2.71. The van der Waals surface area contributed by atoms with Crippen LogP contribution in [-0.4, -0.2) is 37.0 Å². The largest absolute Gasteiger partial charge is 0.493 e. The standard InChI is InChI=1S/C9H6F3N3O4/c10-9(11,12)1-3-6(16)14-5-4(8(18)19)2-13-15(5)7(3)17/h2,17H,1H2,(H,14,16)(H,18,19). The SMILES string of the molecule is O=C(O)c1cnn2c(O)c(CC(F)(F)F)c(=O)[nH]c12. The number of nitrogens with zero attached hydrogens (tertiary/aromatic N) is 2. The van der Waals surface area contributed by atoms with Gasteiger partial charge in [0.15, 0.2) is 5.65 Å². The smallest absolute Gasteiger partial charge is 0.393 e. The number of aromatic carboxylic acids is 1. The number of H-pyrrole nitrogens is 1. The fourth-order valence-electron chi connectivity index (χ4n) is 1.56. The van der Waals surface area contributed by atoms with Gasteiger partial charge in [0.05, 0.1) is 18.2 Å². The molecule has 0 saturated heterocycles. The molecule has 0 spiro atoms. The zero-order valence-electron chi connectivity index (χ0n) is 9.02. The van der Waals surface area contributed by atoms with Crippen LogP contribution in [0.5, 0.6) is 5.88 Å². The number of fused-ring (bicyclic) bond motifs is 1. The molecular weight excluding hydrogens is 271 g/mol. The molecule has 0 aliphatic rings. The Labute approximate surface area is 101 Å². The van der Waals surface area contributed by atoms with Gasteiger partial charge >= 0.3 is 12.1 Å². The van der Waals surface area contributed by atoms with Gasteiger partial charge in [0.25, 0.3) is 5.56 Å². The molecule has 0 radical (unpaired) electrons. The highest BCUT2D eigenvalue weighted by atomic mass is 19.4. The number of hydrogen-bond acceptors (Lipinski definition) is 4. The van der Waals surface area contributed by atoms with Crippen molar-refractivity contribution < 1.29 is 28.2 Å². The first-order chi connectivity index (χ1) is 8.70. The number of rotatable bonds is 2. The van der Waals surface area contributed by atoms with Gasteiger partial charge in [0, 0.05) is 0 Å². The molecule has 3 N–H and O–H groups in total. The average Bonchev–Trinajstić information content (AvgIpc) is 2.66. The van der Waals surface area contributed by atoms with Gasteiger partial charge in [-0.2, -0.15) is 22.8 Å². The summed E-state index contributed by atoms with van der Waals surface area (Å²) in [4.78, 5) is 24.2. The number of aromatic nitrogens is 3. The predicted molar refractivity (Wildman–Crippen MR) is 54.2 cm³/mol. The van der Waals surface area contributed by atoms with Gasteiger partial charge in [-0.1, -0.05) is 0 Å². The van der Waals surface area contributed by atoms with Gasteiger partial charge < -0.3 is 15.2 Å². The number of aromatic amines is 1. The topological polar surface area (TPSA) is 108 Å². The molecule has 0 saturated carbocycles. The summed E-state index contributed by atoms with van der Waals surface area (Å²) in [6, 6.07) is 0. The van der Waals surface area contributed by atoms with E-state index in [0.29, 0.717) is 4.52 Å². The van der Waals surface area contributed by atoms with Crippen LogP contribution in [0.3, 0.4) is 0 Å². The Morgan fingerprint density at radius 1 is 1.47 bits per heavy atom. The van der Waals surface area contributed by atoms with Crippen LogP contribution in [0.2, 0.25) is 0 Å². The van der Waals surface area contributed by atoms with Crippen LogP contribution in [0.1, 0.15) is 15.9 Å². The van der Waals surface area contributed by atoms with Crippen molar-refractivity contribution in [3.8, 4) is 5.88 Å². The number of hydrogen-bond donors (Lipinski definition) is 3. The number of carboxylic acid groups (broad SMARTS) is 1. The maximum absolute atomic E-state index is 12.2. The number of nitrogens with one attached hydrogen (secondary N) is 1. The molecule has 0 aromatic carbocycles. The van der Waals surface area contributed by atoms with Crippen LogP contribution in [0.25, 0.3) is 5.65 Å². The highest BCUT2D eigenvalue weighted by Gasteiger charge is 2.32. The maximum atomic E-state index is 12.2. The minimum absolute atomic E-state index is 0.388. The number of alkyl halides is 3. The van der Waals surface area contributed by atoms with Crippen molar-refractivity contribution in [1.29, 1.82) is 0 Å². The monoisotopic (exact) mass is 277 g/mol.